The number of hydrogen-bond donors (Lipinski definition) is 0. The molecule has 0 aliphatic carbocycles. The van der Waals surface area contributed by atoms with E-state index >= 15 is 0 Å². The molecule has 0 radical (unpaired) electrons. The van der Waals surface area contributed by atoms with Crippen molar-refractivity contribution >= 4 is 39.3 Å². The van der Waals surface area contributed by atoms with Gasteiger partial charge in [-0.05, 0) is 41.8 Å². The maximum Gasteiger partial charge on any atom is 0.269 e. The van der Waals surface area contributed by atoms with Gasteiger partial charge in [-0.15, -0.1) is 0 Å². The number of nitrogens with zero attached hydrogens (tertiary/aromatic N) is 6. The van der Waals surface area contributed by atoms with E-state index in [9.17, 15) is 14.9 Å². The number of aromatic nitrogens is 3. The Balaban J connectivity index is 1.33. The number of unbranched alkanes of at least 4 members (excludes halogenated alkanes) is 1. The maximum atomic E-state index is 13.3. The van der Waals surface area contributed by atoms with Gasteiger partial charge in [-0.1, -0.05) is 54.9 Å². The van der Waals surface area contributed by atoms with Crippen LogP contribution in [0.3, 0.4) is 0 Å². The number of carbonyl (C=O) groups excluding carboxylic acids is 1. The lowest BCUT2D eigenvalue weighted by Gasteiger charge is -2.24. The van der Waals surface area contributed by atoms with E-state index in [0.29, 0.717) is 43.1 Å². The fourth-order valence-corrected chi connectivity index (χ4v) is 5.33. The van der Waals surface area contributed by atoms with E-state index in [-0.39, 0.29) is 11.6 Å². The van der Waals surface area contributed by atoms with Gasteiger partial charge < -0.3 is 14.3 Å². The minimum Gasteiger partial charge on any atom is -0.354 e. The molecule has 10 heteroatoms. The van der Waals surface area contributed by atoms with Gasteiger partial charge in [0.15, 0.2) is 0 Å². The molecule has 0 N–H and O–H groups in total. The quantitative estimate of drug-likeness (QED) is 0.178. The molecular formula is C31H30N6O4. The zero-order chi connectivity index (χ0) is 28.3. The lowest BCUT2D eigenvalue weighted by molar-refractivity contribution is -0.384. The van der Waals surface area contributed by atoms with E-state index < -0.39 is 4.92 Å². The minimum atomic E-state index is -0.466. The normalized spacial score (nSPS) is 14.0. The average Bonchev–Trinajstić information content (AvgIpc) is 3.28. The molecule has 0 saturated carbocycles. The van der Waals surface area contributed by atoms with Crippen LogP contribution in [0.5, 0.6) is 0 Å². The Morgan fingerprint density at radius 2 is 1.78 bits per heavy atom. The molecular weight excluding hydrogens is 520 g/mol. The Morgan fingerprint density at radius 3 is 2.56 bits per heavy atom. The summed E-state index contributed by atoms with van der Waals surface area (Å²) in [4.78, 5) is 37.5. The molecule has 1 amide bonds. The molecule has 1 aliphatic rings. The molecule has 1 saturated heterocycles. The molecule has 3 heterocycles. The zero-order valence-electron chi connectivity index (χ0n) is 22.8. The van der Waals surface area contributed by atoms with Gasteiger partial charge in [-0.25, -0.2) is 4.98 Å². The van der Waals surface area contributed by atoms with Crippen molar-refractivity contribution in [1.29, 1.82) is 0 Å². The highest BCUT2D eigenvalue weighted by Gasteiger charge is 2.26. The lowest BCUT2D eigenvalue weighted by Crippen LogP contribution is -2.35. The Bertz CT molecular complexity index is 1730. The number of nitro benzene ring substituents is 1. The van der Waals surface area contributed by atoms with Gasteiger partial charge in [0.2, 0.25) is 0 Å². The van der Waals surface area contributed by atoms with Crippen LogP contribution >= 0.6 is 0 Å². The molecule has 10 nitrogen and oxygen atoms in total. The second kappa shape index (κ2) is 11.3. The Morgan fingerprint density at radius 1 is 0.976 bits per heavy atom. The number of rotatable bonds is 7. The van der Waals surface area contributed by atoms with Crippen molar-refractivity contribution in [2.24, 2.45) is 0 Å². The first-order valence-electron chi connectivity index (χ1n) is 14.0. The fraction of sp³-hybridized carbons (Fsp3) is 0.290. The topological polar surface area (TPSA) is 118 Å². The van der Waals surface area contributed by atoms with Crippen LogP contribution in [0.25, 0.3) is 33.1 Å². The zero-order valence-corrected chi connectivity index (χ0v) is 22.8. The summed E-state index contributed by atoms with van der Waals surface area (Å²) < 4.78 is 5.80. The van der Waals surface area contributed by atoms with Gasteiger partial charge in [0.25, 0.3) is 17.3 Å². The van der Waals surface area contributed by atoms with Gasteiger partial charge in [0.1, 0.15) is 22.7 Å². The van der Waals surface area contributed by atoms with E-state index in [2.05, 4.69) is 41.2 Å². The predicted octanol–water partition coefficient (Wildman–Crippen LogP) is 6.04. The van der Waals surface area contributed by atoms with E-state index in [4.69, 9.17) is 14.5 Å². The highest BCUT2D eigenvalue weighted by Crippen LogP contribution is 2.35. The smallest absolute Gasteiger partial charge is 0.269 e. The van der Waals surface area contributed by atoms with Gasteiger partial charge in [0, 0.05) is 55.9 Å². The molecule has 208 valence electrons. The molecule has 0 unspecified atom stereocenters. The van der Waals surface area contributed by atoms with Crippen LogP contribution in [0.15, 0.2) is 71.3 Å². The Labute approximate surface area is 236 Å². The number of amides is 1. The summed E-state index contributed by atoms with van der Waals surface area (Å²) >= 11 is 0. The van der Waals surface area contributed by atoms with Crippen molar-refractivity contribution < 1.29 is 14.2 Å². The largest absolute Gasteiger partial charge is 0.354 e. The van der Waals surface area contributed by atoms with Crippen LogP contribution in [0.1, 0.15) is 42.4 Å². The van der Waals surface area contributed by atoms with Crippen molar-refractivity contribution in [3.63, 3.8) is 0 Å². The van der Waals surface area contributed by atoms with Gasteiger partial charge in [-0.3, -0.25) is 14.9 Å². The number of hydrogen-bond acceptors (Lipinski definition) is 8. The van der Waals surface area contributed by atoms with Crippen molar-refractivity contribution in [2.45, 2.75) is 32.6 Å². The first-order valence-corrected chi connectivity index (χ1v) is 14.0. The van der Waals surface area contributed by atoms with Crippen LogP contribution in [0.4, 0.5) is 11.5 Å². The van der Waals surface area contributed by atoms with Gasteiger partial charge in [0.05, 0.1) is 4.92 Å². The number of anilines is 1. The average molecular weight is 551 g/mol. The van der Waals surface area contributed by atoms with Crippen LogP contribution in [0, 0.1) is 10.1 Å². The van der Waals surface area contributed by atoms with E-state index in [1.54, 1.807) is 4.90 Å². The third-order valence-electron chi connectivity index (χ3n) is 7.55. The van der Waals surface area contributed by atoms with Crippen LogP contribution < -0.4 is 4.90 Å². The van der Waals surface area contributed by atoms with Crippen molar-refractivity contribution in [1.82, 2.24) is 20.0 Å². The third kappa shape index (κ3) is 5.32. The summed E-state index contributed by atoms with van der Waals surface area (Å²) in [6.45, 7) is 4.47. The first-order chi connectivity index (χ1) is 20.0. The second-order valence-corrected chi connectivity index (χ2v) is 10.3. The van der Waals surface area contributed by atoms with Crippen molar-refractivity contribution in [2.75, 3.05) is 31.1 Å². The number of benzene rings is 3. The summed E-state index contributed by atoms with van der Waals surface area (Å²) in [5, 5.41) is 18.5. The summed E-state index contributed by atoms with van der Waals surface area (Å²) in [5.74, 6) is 1.36. The van der Waals surface area contributed by atoms with Crippen LogP contribution in [-0.2, 0) is 6.42 Å². The Hall–Kier alpha value is -4.86. The minimum absolute atomic E-state index is 0.0359. The van der Waals surface area contributed by atoms with Crippen molar-refractivity contribution in [3.05, 3.63) is 88.2 Å². The first kappa shape index (κ1) is 26.4. The molecule has 0 bridgehead atoms. The second-order valence-electron chi connectivity index (χ2n) is 10.3. The fourth-order valence-electron chi connectivity index (χ4n) is 5.33. The number of fused-ring (bicyclic) bond motifs is 2. The highest BCUT2D eigenvalue weighted by atomic mass is 16.6. The molecule has 1 fully saturated rings. The summed E-state index contributed by atoms with van der Waals surface area (Å²) in [5.41, 5.74) is 2.50. The molecule has 5 aromatic rings. The molecule has 41 heavy (non-hydrogen) atoms. The van der Waals surface area contributed by atoms with E-state index in [0.717, 1.165) is 59.0 Å². The van der Waals surface area contributed by atoms with E-state index in [1.165, 1.54) is 24.3 Å². The summed E-state index contributed by atoms with van der Waals surface area (Å²) in [6, 6.07) is 20.2. The number of nitro groups is 1. The van der Waals surface area contributed by atoms with Crippen molar-refractivity contribution in [3.8, 4) is 11.3 Å². The van der Waals surface area contributed by atoms with Gasteiger partial charge >= 0.3 is 0 Å². The summed E-state index contributed by atoms with van der Waals surface area (Å²) in [6.07, 6.45) is 3.47. The van der Waals surface area contributed by atoms with Crippen LogP contribution in [0.2, 0.25) is 0 Å². The summed E-state index contributed by atoms with van der Waals surface area (Å²) in [7, 11) is 0. The molecule has 3 aromatic carbocycles. The number of non-ortho nitro benzene ring substituents is 1. The molecule has 0 spiro atoms. The maximum absolute atomic E-state index is 13.3. The molecule has 2 aromatic heterocycles. The van der Waals surface area contributed by atoms with Crippen LogP contribution in [-0.4, -0.2) is 57.0 Å². The highest BCUT2D eigenvalue weighted by molar-refractivity contribution is 6.00. The van der Waals surface area contributed by atoms with E-state index in [1.807, 2.05) is 18.2 Å². The molecule has 1 aliphatic heterocycles. The molecule has 6 rings (SSSR count). The van der Waals surface area contributed by atoms with Gasteiger partial charge in [-0.2, -0.15) is 4.98 Å². The lowest BCUT2D eigenvalue weighted by atomic mass is 10.0. The Kier molecular flexibility index (Phi) is 7.28. The SMILES string of the molecule is CCCCc1nc(N2CCCN(C(=O)c3ccc([N+](=O)[O-])cc3)CC2)c2c(-c3ccc4ccccc4c3)noc2n1. The number of aryl methyl sites for hydroxylation is 1. The molecule has 0 atom stereocenters. The predicted molar refractivity (Wildman–Crippen MR) is 157 cm³/mol. The standard InChI is InChI=1S/C31H30N6O4/c1-2-3-9-26-32-29(27-28(34-41-30(27)33-26)24-11-10-21-7-4-5-8-23(21)20-24)35-16-6-17-36(19-18-35)31(38)22-12-14-25(15-13-22)37(39)40/h4-5,7-8,10-15,20H,2-3,6,9,16-19H2,1H3. The monoisotopic (exact) mass is 550 g/mol. The third-order valence-corrected chi connectivity index (χ3v) is 7.55. The number of carbonyl (C=O) groups is 1.